The zero-order chi connectivity index (χ0) is 18.6. The molecule has 7 nitrogen and oxygen atoms in total. The summed E-state index contributed by atoms with van der Waals surface area (Å²) in [6.07, 6.45) is 8.37. The van der Waals surface area contributed by atoms with Crippen LogP contribution in [-0.2, 0) is 6.42 Å². The van der Waals surface area contributed by atoms with Gasteiger partial charge in [0, 0.05) is 6.07 Å². The van der Waals surface area contributed by atoms with E-state index in [1.807, 2.05) is 11.8 Å². The quantitative estimate of drug-likeness (QED) is 0.788. The largest absolute Gasteiger partial charge is 0.403 e. The molecule has 0 radical (unpaired) electrons. The Kier molecular flexibility index (Phi) is 5.61. The van der Waals surface area contributed by atoms with Crippen LogP contribution >= 0.6 is 11.8 Å². The van der Waals surface area contributed by atoms with E-state index in [2.05, 4.69) is 15.1 Å². The fourth-order valence-electron chi connectivity index (χ4n) is 3.83. The molecule has 27 heavy (non-hydrogen) atoms. The maximum atomic E-state index is 12.6. The number of hydrogen-bond acceptors (Lipinski definition) is 7. The molecule has 2 fully saturated rings. The minimum absolute atomic E-state index is 0.0158. The summed E-state index contributed by atoms with van der Waals surface area (Å²) in [7, 11) is 0. The number of oxime groups is 1. The number of H-pyrrole nitrogens is 1. The number of fused-ring (bicyclic) bond motifs is 1. The molecule has 1 aliphatic carbocycles. The van der Waals surface area contributed by atoms with Gasteiger partial charge in [-0.1, -0.05) is 30.8 Å². The van der Waals surface area contributed by atoms with Crippen molar-refractivity contribution in [3.8, 4) is 6.01 Å². The van der Waals surface area contributed by atoms with E-state index in [9.17, 15) is 9.59 Å². The van der Waals surface area contributed by atoms with Gasteiger partial charge >= 0.3 is 11.6 Å². The second-order valence-corrected chi connectivity index (χ2v) is 8.42. The molecule has 0 bridgehead atoms. The van der Waals surface area contributed by atoms with E-state index in [0.29, 0.717) is 23.3 Å². The lowest BCUT2D eigenvalue weighted by molar-refractivity contribution is 0.309. The van der Waals surface area contributed by atoms with Crippen molar-refractivity contribution in [2.24, 2.45) is 11.1 Å². The minimum Gasteiger partial charge on any atom is -0.403 e. The molecule has 0 spiro atoms. The second-order valence-electron chi connectivity index (χ2n) is 7.19. The number of hydrogen-bond donors (Lipinski definition) is 1. The summed E-state index contributed by atoms with van der Waals surface area (Å²) in [5, 5.41) is 4.42. The third-order valence-corrected chi connectivity index (χ3v) is 6.29. The summed E-state index contributed by atoms with van der Waals surface area (Å²) in [5.74, 6) is 2.71. The molecule has 0 amide bonds. The van der Waals surface area contributed by atoms with E-state index >= 15 is 0 Å². The highest BCUT2D eigenvalue weighted by Gasteiger charge is 2.18. The molecule has 1 N–H and O–H groups in total. The standard InChI is InChI=1S/C19H23N3O4S/c23-15-11-13(6-5-12-3-1-2-4-12)16-17(24)20-19(21-18(16)25-15)26-22-14-7-9-27-10-8-14/h11-12H,1-10H2,(H,20,21,24). The van der Waals surface area contributed by atoms with Crippen molar-refractivity contribution in [2.75, 3.05) is 11.5 Å². The second kappa shape index (κ2) is 8.29. The molecule has 2 aliphatic rings. The van der Waals surface area contributed by atoms with Crippen molar-refractivity contribution in [3.63, 3.8) is 0 Å². The Morgan fingerprint density at radius 2 is 2.04 bits per heavy atom. The third-order valence-electron chi connectivity index (χ3n) is 5.30. The van der Waals surface area contributed by atoms with Crippen molar-refractivity contribution in [1.29, 1.82) is 0 Å². The first-order valence-electron chi connectivity index (χ1n) is 9.56. The van der Waals surface area contributed by atoms with Gasteiger partial charge in [-0.2, -0.15) is 16.7 Å². The Labute approximate surface area is 160 Å². The Hall–Kier alpha value is -2.09. The Bertz CT molecular complexity index is 952. The first-order chi connectivity index (χ1) is 13.2. The summed E-state index contributed by atoms with van der Waals surface area (Å²) in [6, 6.07) is 1.36. The number of rotatable bonds is 5. The minimum atomic E-state index is -0.497. The number of aryl methyl sites for hydroxylation is 1. The summed E-state index contributed by atoms with van der Waals surface area (Å²) in [5.41, 5.74) is 0.803. The van der Waals surface area contributed by atoms with E-state index in [1.54, 1.807) is 0 Å². The Morgan fingerprint density at radius 1 is 1.26 bits per heavy atom. The average molecular weight is 389 g/mol. The monoisotopic (exact) mass is 389 g/mol. The van der Waals surface area contributed by atoms with E-state index in [1.165, 1.54) is 31.7 Å². The SMILES string of the molecule is O=c1cc(CCC2CCCC2)c2c(=O)[nH]c(ON=C3CCSCC3)nc2o1. The van der Waals surface area contributed by atoms with Gasteiger partial charge in [0.2, 0.25) is 5.71 Å². The Balaban J connectivity index is 1.59. The van der Waals surface area contributed by atoms with Crippen LogP contribution in [0.3, 0.4) is 0 Å². The van der Waals surface area contributed by atoms with Gasteiger partial charge < -0.3 is 9.25 Å². The van der Waals surface area contributed by atoms with Crippen LogP contribution in [0.1, 0.15) is 50.5 Å². The van der Waals surface area contributed by atoms with Crippen LogP contribution in [-0.4, -0.2) is 27.2 Å². The van der Waals surface area contributed by atoms with Crippen LogP contribution < -0.4 is 16.0 Å². The van der Waals surface area contributed by atoms with Gasteiger partial charge in [0.05, 0.1) is 5.71 Å². The third kappa shape index (κ3) is 4.43. The maximum Gasteiger partial charge on any atom is 0.337 e. The van der Waals surface area contributed by atoms with Crippen LogP contribution in [0, 0.1) is 5.92 Å². The zero-order valence-corrected chi connectivity index (χ0v) is 16.0. The van der Waals surface area contributed by atoms with Gasteiger partial charge in [-0.3, -0.25) is 9.78 Å². The van der Waals surface area contributed by atoms with E-state index < -0.39 is 5.63 Å². The lowest BCUT2D eigenvalue weighted by Gasteiger charge is -2.11. The lowest BCUT2D eigenvalue weighted by Crippen LogP contribution is -2.16. The highest BCUT2D eigenvalue weighted by atomic mass is 32.2. The van der Waals surface area contributed by atoms with Crippen molar-refractivity contribution < 1.29 is 9.25 Å². The fourth-order valence-corrected chi connectivity index (χ4v) is 4.80. The first kappa shape index (κ1) is 18.3. The fraction of sp³-hybridized carbons (Fsp3) is 0.579. The number of thioether (sulfide) groups is 1. The number of aromatic nitrogens is 2. The van der Waals surface area contributed by atoms with Gasteiger partial charge in [-0.25, -0.2) is 4.79 Å². The first-order valence-corrected chi connectivity index (χ1v) is 10.7. The van der Waals surface area contributed by atoms with Gasteiger partial charge in [-0.15, -0.1) is 0 Å². The lowest BCUT2D eigenvalue weighted by atomic mass is 9.97. The van der Waals surface area contributed by atoms with Crippen LogP contribution in [0.15, 0.2) is 25.2 Å². The van der Waals surface area contributed by atoms with E-state index in [0.717, 1.165) is 36.5 Å². The smallest absolute Gasteiger partial charge is 0.337 e. The molecule has 0 atom stereocenters. The van der Waals surface area contributed by atoms with E-state index in [-0.39, 0.29) is 17.3 Å². The molecular formula is C19H23N3O4S. The van der Waals surface area contributed by atoms with Crippen LogP contribution in [0.2, 0.25) is 0 Å². The molecule has 2 aromatic rings. The predicted octanol–water partition coefficient (Wildman–Crippen LogP) is 3.26. The molecule has 4 rings (SSSR count). The summed E-state index contributed by atoms with van der Waals surface area (Å²) < 4.78 is 5.17. The van der Waals surface area contributed by atoms with Gasteiger partial charge in [0.1, 0.15) is 5.39 Å². The average Bonchev–Trinajstić information content (AvgIpc) is 3.18. The molecule has 1 saturated heterocycles. The topological polar surface area (TPSA) is 97.5 Å². The molecule has 2 aromatic heterocycles. The van der Waals surface area contributed by atoms with Crippen molar-refractivity contribution in [2.45, 2.75) is 51.4 Å². The molecule has 8 heteroatoms. The Morgan fingerprint density at radius 3 is 2.81 bits per heavy atom. The molecular weight excluding hydrogens is 366 g/mol. The van der Waals surface area contributed by atoms with Gasteiger partial charge in [-0.05, 0) is 48.7 Å². The van der Waals surface area contributed by atoms with E-state index in [4.69, 9.17) is 9.25 Å². The maximum absolute atomic E-state index is 12.6. The highest BCUT2D eigenvalue weighted by Crippen LogP contribution is 2.29. The van der Waals surface area contributed by atoms with Crippen LogP contribution in [0.5, 0.6) is 6.01 Å². The van der Waals surface area contributed by atoms with Gasteiger partial charge in [0.15, 0.2) is 0 Å². The summed E-state index contributed by atoms with van der Waals surface area (Å²) in [6.45, 7) is 0. The van der Waals surface area contributed by atoms with Crippen molar-refractivity contribution in [1.82, 2.24) is 9.97 Å². The number of aromatic amines is 1. The molecule has 0 aromatic carbocycles. The highest BCUT2D eigenvalue weighted by molar-refractivity contribution is 7.99. The normalized spacial score (nSPS) is 18.1. The summed E-state index contributed by atoms with van der Waals surface area (Å²) >= 11 is 1.88. The zero-order valence-electron chi connectivity index (χ0n) is 15.2. The van der Waals surface area contributed by atoms with Crippen LogP contribution in [0.25, 0.3) is 11.1 Å². The predicted molar refractivity (Wildman–Crippen MR) is 106 cm³/mol. The molecule has 0 unspecified atom stereocenters. The van der Waals surface area contributed by atoms with Crippen molar-refractivity contribution in [3.05, 3.63) is 32.4 Å². The molecule has 1 aliphatic heterocycles. The van der Waals surface area contributed by atoms with Crippen molar-refractivity contribution >= 4 is 28.6 Å². The molecule has 1 saturated carbocycles. The summed E-state index contributed by atoms with van der Waals surface area (Å²) in [4.78, 5) is 36.6. The van der Waals surface area contributed by atoms with Crippen LogP contribution in [0.4, 0.5) is 0 Å². The number of nitrogens with one attached hydrogen (secondary N) is 1. The molecule has 144 valence electrons. The molecule has 3 heterocycles. The number of nitrogens with zero attached hydrogens (tertiary/aromatic N) is 2. The van der Waals surface area contributed by atoms with Gasteiger partial charge in [0.25, 0.3) is 5.56 Å².